The number of esters is 1. The molecule has 0 N–H and O–H groups in total. The SMILES string of the molecule is C=C[C@@H](C)O[C@@H]1O[C@H](COCc2ccccc2)[C@@H](O[C@H]2O[C@H](CO[Si](c3ccccc3)(c3ccccc3)C(C)(C)C)[C@@H](OCc3ccc(OC)cc3)[C@H](OCc3ccccc3)[C@H]2N=[N+]=[N-])[C@H](OCc2ccccc2)[C@H]1OC(=O)c1ccccc1. The minimum absolute atomic E-state index is 0.0278. The first-order valence-corrected chi connectivity index (χ1v) is 30.4. The molecular formula is C68H75N3O12Si. The van der Waals surface area contributed by atoms with Crippen molar-refractivity contribution in [3.8, 4) is 5.75 Å². The van der Waals surface area contributed by atoms with Crippen molar-refractivity contribution in [1.29, 1.82) is 0 Å². The van der Waals surface area contributed by atoms with Gasteiger partial charge in [0.05, 0.1) is 58.4 Å². The summed E-state index contributed by atoms with van der Waals surface area (Å²) in [4.78, 5) is 17.9. The van der Waals surface area contributed by atoms with Crippen LogP contribution in [-0.4, -0.2) is 102 Å². The fraction of sp³-hybridized carbons (Fsp3) is 0.338. The zero-order valence-corrected chi connectivity index (χ0v) is 49.2. The zero-order valence-electron chi connectivity index (χ0n) is 48.2. The van der Waals surface area contributed by atoms with E-state index in [4.69, 9.17) is 51.8 Å². The third-order valence-corrected chi connectivity index (χ3v) is 20.1. The van der Waals surface area contributed by atoms with E-state index in [0.717, 1.165) is 32.6 Å². The van der Waals surface area contributed by atoms with Crippen molar-refractivity contribution < 1.29 is 56.6 Å². The Kier molecular flexibility index (Phi) is 21.9. The van der Waals surface area contributed by atoms with Crippen molar-refractivity contribution in [3.05, 3.63) is 257 Å². The number of hydrogen-bond acceptors (Lipinski definition) is 13. The molecule has 2 saturated heterocycles. The molecule has 2 heterocycles. The van der Waals surface area contributed by atoms with Gasteiger partial charge in [-0.2, -0.15) is 0 Å². The molecular weight excluding hydrogens is 1080 g/mol. The molecule has 0 unspecified atom stereocenters. The molecule has 2 fully saturated rings. The molecule has 11 atom stereocenters. The van der Waals surface area contributed by atoms with Crippen LogP contribution in [0.3, 0.4) is 0 Å². The number of methoxy groups -OCH3 is 1. The summed E-state index contributed by atoms with van der Waals surface area (Å²) >= 11 is 0. The number of hydrogen-bond donors (Lipinski definition) is 0. The molecule has 84 heavy (non-hydrogen) atoms. The van der Waals surface area contributed by atoms with Gasteiger partial charge in [0, 0.05) is 4.91 Å². The molecule has 0 radical (unpaired) electrons. The first-order chi connectivity index (χ1) is 41.0. The molecule has 2 aliphatic rings. The second-order valence-corrected chi connectivity index (χ2v) is 26.1. The summed E-state index contributed by atoms with van der Waals surface area (Å²) in [5.74, 6) is 0.0398. The number of nitrogens with zero attached hydrogens (tertiary/aromatic N) is 3. The molecule has 0 aliphatic carbocycles. The van der Waals surface area contributed by atoms with Crippen LogP contribution in [0.1, 0.15) is 60.3 Å². The van der Waals surface area contributed by atoms with Gasteiger partial charge in [0.25, 0.3) is 8.32 Å². The summed E-state index contributed by atoms with van der Waals surface area (Å²) in [5.41, 5.74) is 14.5. The van der Waals surface area contributed by atoms with E-state index in [1.54, 1.807) is 37.5 Å². The summed E-state index contributed by atoms with van der Waals surface area (Å²) < 4.78 is 75.8. The highest BCUT2D eigenvalue weighted by atomic mass is 28.4. The Hall–Kier alpha value is -7.28. The Morgan fingerprint density at radius 2 is 1.06 bits per heavy atom. The van der Waals surface area contributed by atoms with Gasteiger partial charge in [0.15, 0.2) is 18.7 Å². The lowest BCUT2D eigenvalue weighted by Crippen LogP contribution is -2.69. The highest BCUT2D eigenvalue weighted by Crippen LogP contribution is 2.40. The highest BCUT2D eigenvalue weighted by molar-refractivity contribution is 6.99. The molecule has 7 aromatic rings. The highest BCUT2D eigenvalue weighted by Gasteiger charge is 2.57. The maximum Gasteiger partial charge on any atom is 0.338 e. The van der Waals surface area contributed by atoms with Gasteiger partial charge in [-0.3, -0.25) is 0 Å². The number of rotatable bonds is 27. The standard InChI is InChI=1S/C68H75N3O12Si/c1-7-48(2)79-67-64(82-65(72)53-32-20-11-21-33-53)63(77-44-51-30-18-10-19-31-51)61(57(81-67)46-74-42-49-26-14-8-15-27-49)83-66-59(70-71-69)62(76-43-50-28-16-9-17-29-50)60(75-45-52-38-40-54(73-6)41-39-52)58(80-66)47-78-84(68(3,4)5,55-34-22-12-23-35-55)56-36-24-13-25-37-56/h7-41,48,57-64,66-67H,1,42-47H2,2-6H3/t48-,57-,58-,59-,60-,61-,62-,63+,64-,66-,67-/m1/s1. The van der Waals surface area contributed by atoms with Crippen molar-refractivity contribution in [1.82, 2.24) is 0 Å². The van der Waals surface area contributed by atoms with Gasteiger partial charge >= 0.3 is 5.97 Å². The van der Waals surface area contributed by atoms with Crippen LogP contribution in [0.15, 0.2) is 224 Å². The van der Waals surface area contributed by atoms with Crippen LogP contribution in [0.2, 0.25) is 5.04 Å². The molecule has 9 rings (SSSR count). The van der Waals surface area contributed by atoms with Crippen LogP contribution in [0.5, 0.6) is 5.75 Å². The third-order valence-electron chi connectivity index (χ3n) is 15.1. The number of ether oxygens (including phenoxy) is 10. The predicted molar refractivity (Wildman–Crippen MR) is 323 cm³/mol. The van der Waals surface area contributed by atoms with E-state index >= 15 is 0 Å². The molecule has 0 saturated carbocycles. The van der Waals surface area contributed by atoms with E-state index in [0.29, 0.717) is 11.3 Å². The van der Waals surface area contributed by atoms with E-state index in [1.807, 2.05) is 165 Å². The van der Waals surface area contributed by atoms with E-state index < -0.39 is 86.8 Å². The largest absolute Gasteiger partial charge is 0.497 e. The van der Waals surface area contributed by atoms with Crippen molar-refractivity contribution in [2.75, 3.05) is 20.3 Å². The molecule has 16 heteroatoms. The molecule has 0 bridgehead atoms. The van der Waals surface area contributed by atoms with Gasteiger partial charge in [-0.05, 0) is 74.4 Å². The Morgan fingerprint density at radius 1 is 0.595 bits per heavy atom. The summed E-state index contributed by atoms with van der Waals surface area (Å²) in [6.45, 7) is 12.8. The summed E-state index contributed by atoms with van der Waals surface area (Å²) in [6, 6.07) is 64.8. The summed E-state index contributed by atoms with van der Waals surface area (Å²) in [7, 11) is -1.66. The van der Waals surface area contributed by atoms with Gasteiger partial charge in [0.1, 0.15) is 48.4 Å². The zero-order chi connectivity index (χ0) is 58.7. The topological polar surface area (TPSA) is 167 Å². The van der Waals surface area contributed by atoms with Crippen molar-refractivity contribution in [2.45, 2.75) is 127 Å². The van der Waals surface area contributed by atoms with E-state index in [2.05, 4.69) is 61.6 Å². The summed E-state index contributed by atoms with van der Waals surface area (Å²) in [5, 5.41) is 6.17. The second kappa shape index (κ2) is 30.0. The average molecular weight is 1150 g/mol. The predicted octanol–water partition coefficient (Wildman–Crippen LogP) is 11.9. The third kappa shape index (κ3) is 15.5. The number of azide groups is 1. The Labute approximate surface area is 494 Å². The van der Waals surface area contributed by atoms with Crippen LogP contribution >= 0.6 is 0 Å². The van der Waals surface area contributed by atoms with Gasteiger partial charge in [-0.1, -0.05) is 214 Å². The van der Waals surface area contributed by atoms with Crippen LogP contribution in [0.25, 0.3) is 10.4 Å². The van der Waals surface area contributed by atoms with Crippen LogP contribution in [0.4, 0.5) is 0 Å². The number of carbonyl (C=O) groups excluding carboxylic acids is 1. The Morgan fingerprint density at radius 3 is 1.57 bits per heavy atom. The lowest BCUT2D eigenvalue weighted by Gasteiger charge is -2.50. The fourth-order valence-corrected chi connectivity index (χ4v) is 15.4. The quantitative estimate of drug-likeness (QED) is 0.0120. The molecule has 15 nitrogen and oxygen atoms in total. The maximum atomic E-state index is 14.4. The van der Waals surface area contributed by atoms with Crippen molar-refractivity contribution >= 4 is 24.7 Å². The van der Waals surface area contributed by atoms with Crippen molar-refractivity contribution in [2.24, 2.45) is 5.11 Å². The van der Waals surface area contributed by atoms with Crippen LogP contribution in [0, 0.1) is 0 Å². The molecule has 2 aliphatic heterocycles. The van der Waals surface area contributed by atoms with Gasteiger partial charge < -0.3 is 51.8 Å². The van der Waals surface area contributed by atoms with E-state index in [1.165, 1.54) is 0 Å². The van der Waals surface area contributed by atoms with Crippen molar-refractivity contribution in [3.63, 3.8) is 0 Å². The Balaban J connectivity index is 1.18. The van der Waals surface area contributed by atoms with Gasteiger partial charge in [-0.15, -0.1) is 6.58 Å². The molecule has 0 amide bonds. The molecule has 438 valence electrons. The molecule has 7 aromatic carbocycles. The fourth-order valence-electron chi connectivity index (χ4n) is 10.8. The monoisotopic (exact) mass is 1150 g/mol. The smallest absolute Gasteiger partial charge is 0.338 e. The Bertz CT molecular complexity index is 3100. The number of benzene rings is 7. The molecule has 0 spiro atoms. The second-order valence-electron chi connectivity index (χ2n) is 21.8. The molecule has 0 aromatic heterocycles. The number of carbonyl (C=O) groups is 1. The van der Waals surface area contributed by atoms with Crippen LogP contribution in [-0.2, 0) is 73.5 Å². The first-order valence-electron chi connectivity index (χ1n) is 28.4. The van der Waals surface area contributed by atoms with E-state index in [9.17, 15) is 10.3 Å². The first kappa shape index (κ1) is 61.3. The van der Waals surface area contributed by atoms with Gasteiger partial charge in [-0.25, -0.2) is 4.79 Å². The maximum absolute atomic E-state index is 14.4. The van der Waals surface area contributed by atoms with Gasteiger partial charge in [0.2, 0.25) is 0 Å². The lowest BCUT2D eigenvalue weighted by atomic mass is 9.95. The lowest BCUT2D eigenvalue weighted by molar-refractivity contribution is -0.356. The summed E-state index contributed by atoms with van der Waals surface area (Å²) in [6.07, 6.45) is -9.17. The average Bonchev–Trinajstić information content (AvgIpc) is 2.85. The van der Waals surface area contributed by atoms with Crippen LogP contribution < -0.4 is 15.1 Å². The van der Waals surface area contributed by atoms with E-state index in [-0.39, 0.29) is 39.6 Å². The normalized spacial score (nSPS) is 22.9. The minimum atomic E-state index is -3.27. The minimum Gasteiger partial charge on any atom is -0.497 e.